The lowest BCUT2D eigenvalue weighted by Crippen LogP contribution is -2.12. The predicted octanol–water partition coefficient (Wildman–Crippen LogP) is 5.05. The van der Waals surface area contributed by atoms with E-state index in [9.17, 15) is 4.79 Å². The van der Waals surface area contributed by atoms with Crippen molar-refractivity contribution in [3.63, 3.8) is 0 Å². The second-order valence-corrected chi connectivity index (χ2v) is 5.41. The molecule has 3 aromatic rings. The van der Waals surface area contributed by atoms with Gasteiger partial charge in [0.15, 0.2) is 0 Å². The number of hydrogen-bond donors (Lipinski definition) is 1. The lowest BCUT2D eigenvalue weighted by atomic mass is 10.1. The molecular weight excluding hydrogens is 282 g/mol. The van der Waals surface area contributed by atoms with Crippen LogP contribution < -0.4 is 5.32 Å². The molecule has 0 radical (unpaired) electrons. The highest BCUT2D eigenvalue weighted by atomic mass is 35.5. The topological polar surface area (TPSA) is 29.1 Å². The van der Waals surface area contributed by atoms with Crippen molar-refractivity contribution in [2.45, 2.75) is 6.92 Å². The Balaban J connectivity index is 1.89. The van der Waals surface area contributed by atoms with Crippen LogP contribution in [-0.4, -0.2) is 5.91 Å². The van der Waals surface area contributed by atoms with Gasteiger partial charge in [0.25, 0.3) is 5.91 Å². The van der Waals surface area contributed by atoms with Crippen molar-refractivity contribution in [1.29, 1.82) is 0 Å². The molecule has 0 atom stereocenters. The Morgan fingerprint density at radius 1 is 0.952 bits per heavy atom. The van der Waals surface area contributed by atoms with E-state index < -0.39 is 0 Å². The quantitative estimate of drug-likeness (QED) is 0.704. The molecule has 0 aliphatic carbocycles. The van der Waals surface area contributed by atoms with Gasteiger partial charge in [-0.1, -0.05) is 48.0 Å². The van der Waals surface area contributed by atoms with E-state index in [1.54, 1.807) is 12.1 Å². The van der Waals surface area contributed by atoms with Crippen LogP contribution >= 0.6 is 11.6 Å². The number of carbonyl (C=O) groups excluding carboxylic acids is 1. The molecule has 2 nitrogen and oxygen atoms in total. The standard InChI is InChI=1S/C18H14ClNO/c1-12-6-9-16(17(19)10-12)18(21)20-15-8-7-13-4-2-3-5-14(13)11-15/h2-11H,1H3,(H,20,21). The van der Waals surface area contributed by atoms with Crippen LogP contribution in [0.25, 0.3) is 10.8 Å². The third-order valence-corrected chi connectivity index (χ3v) is 3.69. The van der Waals surface area contributed by atoms with Gasteiger partial charge in [0.1, 0.15) is 0 Å². The number of aryl methyl sites for hydroxylation is 1. The largest absolute Gasteiger partial charge is 0.322 e. The lowest BCUT2D eigenvalue weighted by molar-refractivity contribution is 0.102. The zero-order chi connectivity index (χ0) is 14.8. The molecule has 0 aliphatic heterocycles. The number of amides is 1. The third-order valence-electron chi connectivity index (χ3n) is 3.38. The number of nitrogens with one attached hydrogen (secondary N) is 1. The lowest BCUT2D eigenvalue weighted by Gasteiger charge is -2.08. The Bertz CT molecular complexity index is 826. The van der Waals surface area contributed by atoms with Gasteiger partial charge in [0.05, 0.1) is 10.6 Å². The molecule has 3 rings (SSSR count). The monoisotopic (exact) mass is 295 g/mol. The van der Waals surface area contributed by atoms with Crippen molar-refractivity contribution < 1.29 is 4.79 Å². The van der Waals surface area contributed by atoms with E-state index in [0.29, 0.717) is 10.6 Å². The number of benzene rings is 3. The molecule has 0 aliphatic rings. The van der Waals surface area contributed by atoms with Gasteiger partial charge >= 0.3 is 0 Å². The Labute approximate surface area is 128 Å². The number of anilines is 1. The van der Waals surface area contributed by atoms with Crippen molar-refractivity contribution in [1.82, 2.24) is 0 Å². The van der Waals surface area contributed by atoms with Crippen LogP contribution in [0.5, 0.6) is 0 Å². The van der Waals surface area contributed by atoms with Crippen LogP contribution in [-0.2, 0) is 0 Å². The average molecular weight is 296 g/mol. The molecule has 0 unspecified atom stereocenters. The van der Waals surface area contributed by atoms with Gasteiger partial charge in [0, 0.05) is 5.69 Å². The highest BCUT2D eigenvalue weighted by Crippen LogP contribution is 2.22. The molecule has 0 fully saturated rings. The van der Waals surface area contributed by atoms with E-state index in [-0.39, 0.29) is 5.91 Å². The van der Waals surface area contributed by atoms with E-state index in [1.807, 2.05) is 55.5 Å². The van der Waals surface area contributed by atoms with Gasteiger partial charge in [-0.25, -0.2) is 0 Å². The number of rotatable bonds is 2. The number of hydrogen-bond acceptors (Lipinski definition) is 1. The molecule has 0 saturated carbocycles. The van der Waals surface area contributed by atoms with Crippen molar-refractivity contribution in [3.05, 3.63) is 76.8 Å². The first-order chi connectivity index (χ1) is 10.1. The number of halogens is 1. The molecule has 0 aromatic heterocycles. The summed E-state index contributed by atoms with van der Waals surface area (Å²) in [6.45, 7) is 1.94. The van der Waals surface area contributed by atoms with Crippen LogP contribution in [0.1, 0.15) is 15.9 Å². The summed E-state index contributed by atoms with van der Waals surface area (Å²) in [7, 11) is 0. The molecule has 3 heteroatoms. The summed E-state index contributed by atoms with van der Waals surface area (Å²) in [5, 5.41) is 5.58. The van der Waals surface area contributed by atoms with E-state index in [1.165, 1.54) is 0 Å². The summed E-state index contributed by atoms with van der Waals surface area (Å²) in [5.41, 5.74) is 2.27. The predicted molar refractivity (Wildman–Crippen MR) is 88.1 cm³/mol. The minimum absolute atomic E-state index is 0.199. The van der Waals surface area contributed by atoms with Crippen LogP contribution in [0.4, 0.5) is 5.69 Å². The minimum Gasteiger partial charge on any atom is -0.322 e. The summed E-state index contributed by atoms with van der Waals surface area (Å²) in [6, 6.07) is 19.3. The fourth-order valence-electron chi connectivity index (χ4n) is 2.27. The highest BCUT2D eigenvalue weighted by Gasteiger charge is 2.10. The van der Waals surface area contributed by atoms with Crippen molar-refractivity contribution in [2.75, 3.05) is 5.32 Å². The van der Waals surface area contributed by atoms with Gasteiger partial charge in [-0.2, -0.15) is 0 Å². The Hall–Kier alpha value is -2.32. The Kier molecular flexibility index (Phi) is 3.63. The van der Waals surface area contributed by atoms with Gasteiger partial charge in [-0.05, 0) is 47.5 Å². The smallest absolute Gasteiger partial charge is 0.257 e. The molecule has 1 amide bonds. The van der Waals surface area contributed by atoms with E-state index in [0.717, 1.165) is 22.0 Å². The van der Waals surface area contributed by atoms with Gasteiger partial charge in [-0.3, -0.25) is 4.79 Å². The van der Waals surface area contributed by atoms with Gasteiger partial charge in [-0.15, -0.1) is 0 Å². The first-order valence-electron chi connectivity index (χ1n) is 6.70. The maximum Gasteiger partial charge on any atom is 0.257 e. The van der Waals surface area contributed by atoms with Crippen LogP contribution in [0.2, 0.25) is 5.02 Å². The fourth-order valence-corrected chi connectivity index (χ4v) is 2.59. The zero-order valence-electron chi connectivity index (χ0n) is 11.6. The molecular formula is C18H14ClNO. The number of carbonyl (C=O) groups is 1. The fraction of sp³-hybridized carbons (Fsp3) is 0.0556. The normalized spacial score (nSPS) is 10.6. The van der Waals surface area contributed by atoms with Crippen LogP contribution in [0, 0.1) is 6.92 Å². The molecule has 3 aromatic carbocycles. The van der Waals surface area contributed by atoms with Gasteiger partial charge in [0.2, 0.25) is 0 Å². The van der Waals surface area contributed by atoms with E-state index >= 15 is 0 Å². The second kappa shape index (κ2) is 5.58. The summed E-state index contributed by atoms with van der Waals surface area (Å²) >= 11 is 6.12. The molecule has 0 spiro atoms. The molecule has 0 heterocycles. The molecule has 21 heavy (non-hydrogen) atoms. The van der Waals surface area contributed by atoms with Gasteiger partial charge < -0.3 is 5.32 Å². The van der Waals surface area contributed by atoms with Crippen LogP contribution in [0.15, 0.2) is 60.7 Å². The van der Waals surface area contributed by atoms with E-state index in [2.05, 4.69) is 5.32 Å². The summed E-state index contributed by atoms with van der Waals surface area (Å²) < 4.78 is 0. The maximum atomic E-state index is 12.3. The summed E-state index contributed by atoms with van der Waals surface area (Å²) in [6.07, 6.45) is 0. The van der Waals surface area contributed by atoms with Crippen LogP contribution in [0.3, 0.4) is 0 Å². The SMILES string of the molecule is Cc1ccc(C(=O)Nc2ccc3ccccc3c2)c(Cl)c1. The average Bonchev–Trinajstić information content (AvgIpc) is 2.47. The Morgan fingerprint density at radius 2 is 1.71 bits per heavy atom. The summed E-state index contributed by atoms with van der Waals surface area (Å²) in [5.74, 6) is -0.199. The zero-order valence-corrected chi connectivity index (χ0v) is 12.3. The van der Waals surface area contributed by atoms with Crippen molar-refractivity contribution in [2.24, 2.45) is 0 Å². The third kappa shape index (κ3) is 2.91. The number of fused-ring (bicyclic) bond motifs is 1. The first-order valence-corrected chi connectivity index (χ1v) is 7.07. The maximum absolute atomic E-state index is 12.3. The molecule has 0 bridgehead atoms. The van der Waals surface area contributed by atoms with Crippen molar-refractivity contribution >= 4 is 34.0 Å². The Morgan fingerprint density at radius 3 is 2.48 bits per heavy atom. The van der Waals surface area contributed by atoms with E-state index in [4.69, 9.17) is 11.6 Å². The van der Waals surface area contributed by atoms with Crippen molar-refractivity contribution in [3.8, 4) is 0 Å². The second-order valence-electron chi connectivity index (χ2n) is 5.00. The minimum atomic E-state index is -0.199. The first kappa shape index (κ1) is 13.7. The molecule has 0 saturated heterocycles. The molecule has 1 N–H and O–H groups in total. The highest BCUT2D eigenvalue weighted by molar-refractivity contribution is 6.34. The molecule has 104 valence electrons. The summed E-state index contributed by atoms with van der Waals surface area (Å²) in [4.78, 5) is 12.3.